The number of nitrogens with zero attached hydrogens (tertiary/aromatic N) is 2. The van der Waals surface area contributed by atoms with Crippen LogP contribution in [-0.4, -0.2) is 56.6 Å². The van der Waals surface area contributed by atoms with Gasteiger partial charge in [0.05, 0.1) is 18.1 Å². The second-order valence-corrected chi connectivity index (χ2v) is 8.99. The molecule has 4 N–H and O–H groups in total. The van der Waals surface area contributed by atoms with E-state index >= 15 is 0 Å². The van der Waals surface area contributed by atoms with Crippen molar-refractivity contribution in [3.63, 3.8) is 0 Å². The summed E-state index contributed by atoms with van der Waals surface area (Å²) in [5.74, 6) is 0.593. The first-order valence-electron chi connectivity index (χ1n) is 9.06. The maximum Gasteiger partial charge on any atom is 0.231 e. The van der Waals surface area contributed by atoms with Gasteiger partial charge in [-0.25, -0.2) is 4.98 Å². The zero-order valence-electron chi connectivity index (χ0n) is 15.0. The fourth-order valence-corrected chi connectivity index (χ4v) is 5.60. The second-order valence-electron chi connectivity index (χ2n) is 6.93. The van der Waals surface area contributed by atoms with Crippen LogP contribution in [0.15, 0.2) is 34.8 Å². The number of hydrogen-bond acceptors (Lipinski definition) is 10. The maximum atomic E-state index is 12.8. The van der Waals surface area contributed by atoms with E-state index in [-0.39, 0.29) is 24.4 Å². The third-order valence-electron chi connectivity index (χ3n) is 5.11. The summed E-state index contributed by atoms with van der Waals surface area (Å²) in [6, 6.07) is 4.88. The molecule has 1 aromatic heterocycles. The highest BCUT2D eigenvalue weighted by Gasteiger charge is 2.50. The van der Waals surface area contributed by atoms with Gasteiger partial charge in [-0.3, -0.25) is 9.79 Å². The monoisotopic (exact) mass is 434 g/mol. The number of thioether (sulfide) groups is 1. The molecule has 1 fully saturated rings. The minimum atomic E-state index is -1.02. The third kappa shape index (κ3) is 3.54. The molecule has 1 amide bonds. The smallest absolute Gasteiger partial charge is 0.231 e. The zero-order chi connectivity index (χ0) is 20.0. The lowest BCUT2D eigenvalue weighted by molar-refractivity contribution is -0.124. The highest BCUT2D eigenvalue weighted by atomic mass is 32.2. The van der Waals surface area contributed by atoms with E-state index in [1.807, 2.05) is 12.1 Å². The Morgan fingerprint density at radius 2 is 2.10 bits per heavy atom. The van der Waals surface area contributed by atoms with Crippen molar-refractivity contribution in [3.8, 4) is 11.5 Å². The molecule has 0 bridgehead atoms. The molecule has 1 aromatic carbocycles. The van der Waals surface area contributed by atoms with Crippen molar-refractivity contribution in [2.75, 3.05) is 17.4 Å². The van der Waals surface area contributed by atoms with Crippen LogP contribution < -0.4 is 20.1 Å². The van der Waals surface area contributed by atoms with Gasteiger partial charge in [0.25, 0.3) is 0 Å². The number of aliphatic hydroxyl groups is 2. The van der Waals surface area contributed by atoms with Crippen LogP contribution >= 0.6 is 23.1 Å². The summed E-state index contributed by atoms with van der Waals surface area (Å²) in [5.41, 5.74) is 0.762. The molecule has 3 heterocycles. The van der Waals surface area contributed by atoms with E-state index in [9.17, 15) is 15.0 Å². The summed E-state index contributed by atoms with van der Waals surface area (Å²) < 4.78 is 10.7. The number of aliphatic imine (C=N–C) groups is 1. The molecule has 152 valence electrons. The molecule has 0 saturated heterocycles. The number of nitrogens with one attached hydrogen (secondary N) is 2. The Morgan fingerprint density at radius 3 is 2.93 bits per heavy atom. The van der Waals surface area contributed by atoms with Gasteiger partial charge in [-0.05, 0) is 18.6 Å². The predicted octanol–water partition coefficient (Wildman–Crippen LogP) is 1.50. The van der Waals surface area contributed by atoms with Crippen LogP contribution in [0.1, 0.15) is 6.42 Å². The fourth-order valence-electron chi connectivity index (χ4n) is 3.69. The number of hydrogen-bond donors (Lipinski definition) is 4. The van der Waals surface area contributed by atoms with Crippen LogP contribution in [0.5, 0.6) is 11.5 Å². The standard InChI is InChI=1S/C18H18N4O5S2/c23-10-6-9(16(25)22-17-19-3-4-28-17)15-13(14(10)24)21-18(29-15)20-8-1-2-11-12(5-8)27-7-26-11/h1-5,9-10,13-15,23-24H,6-7H2,(H,20,21)(H,19,22,25)/t9-,10+,13-,14-,15+/m0/s1. The summed E-state index contributed by atoms with van der Waals surface area (Å²) in [5, 5.41) is 29.3. The van der Waals surface area contributed by atoms with Crippen LogP contribution in [0.4, 0.5) is 10.8 Å². The molecule has 3 aliphatic rings. The van der Waals surface area contributed by atoms with Crippen molar-refractivity contribution in [3.05, 3.63) is 29.8 Å². The number of carbonyl (C=O) groups excluding carboxylic acids is 1. The number of amides is 1. The molecule has 5 rings (SSSR count). The van der Waals surface area contributed by atoms with E-state index in [0.717, 1.165) is 5.69 Å². The van der Waals surface area contributed by atoms with Crippen molar-refractivity contribution >= 4 is 45.0 Å². The quantitative estimate of drug-likeness (QED) is 0.573. The van der Waals surface area contributed by atoms with Gasteiger partial charge in [-0.15, -0.1) is 11.3 Å². The number of aliphatic hydroxyl groups excluding tert-OH is 2. The second kappa shape index (κ2) is 7.48. The van der Waals surface area contributed by atoms with Gasteiger partial charge < -0.3 is 30.3 Å². The Hall–Kier alpha value is -2.34. The van der Waals surface area contributed by atoms with Gasteiger partial charge in [-0.1, -0.05) is 11.8 Å². The average Bonchev–Trinajstić information content (AvgIpc) is 3.45. The van der Waals surface area contributed by atoms with E-state index < -0.39 is 24.2 Å². The minimum absolute atomic E-state index is 0.166. The van der Waals surface area contributed by atoms with Gasteiger partial charge in [0, 0.05) is 28.6 Å². The first kappa shape index (κ1) is 18.7. The Balaban J connectivity index is 1.33. The molecule has 2 aromatic rings. The van der Waals surface area contributed by atoms with Crippen molar-refractivity contribution < 1.29 is 24.5 Å². The highest BCUT2D eigenvalue weighted by molar-refractivity contribution is 8.15. The molecule has 2 aliphatic heterocycles. The molecule has 0 spiro atoms. The van der Waals surface area contributed by atoms with E-state index in [0.29, 0.717) is 21.8 Å². The molecule has 9 nitrogen and oxygen atoms in total. The molecule has 29 heavy (non-hydrogen) atoms. The Labute approximate surface area is 174 Å². The van der Waals surface area contributed by atoms with Crippen LogP contribution in [0.2, 0.25) is 0 Å². The number of carbonyl (C=O) groups is 1. The maximum absolute atomic E-state index is 12.8. The summed E-state index contributed by atoms with van der Waals surface area (Å²) in [6.07, 6.45) is -0.257. The van der Waals surface area contributed by atoms with E-state index in [2.05, 4.69) is 20.6 Å². The molecule has 11 heteroatoms. The zero-order valence-corrected chi connectivity index (χ0v) is 16.7. The average molecular weight is 434 g/mol. The third-order valence-corrected chi connectivity index (χ3v) is 7.11. The Kier molecular flexibility index (Phi) is 4.82. The van der Waals surface area contributed by atoms with Crippen LogP contribution in [-0.2, 0) is 4.79 Å². The molecular weight excluding hydrogens is 416 g/mol. The largest absolute Gasteiger partial charge is 0.454 e. The van der Waals surface area contributed by atoms with Crippen molar-refractivity contribution in [1.82, 2.24) is 4.98 Å². The van der Waals surface area contributed by atoms with Crippen molar-refractivity contribution in [2.24, 2.45) is 10.9 Å². The predicted molar refractivity (Wildman–Crippen MR) is 110 cm³/mol. The molecule has 1 saturated carbocycles. The Bertz CT molecular complexity index is 954. The summed E-state index contributed by atoms with van der Waals surface area (Å²) >= 11 is 2.72. The molecule has 1 aliphatic carbocycles. The summed E-state index contributed by atoms with van der Waals surface area (Å²) in [6.45, 7) is 0.193. The molecular formula is C18H18N4O5S2. The number of rotatable bonds is 3. The number of benzene rings is 1. The lowest BCUT2D eigenvalue weighted by atomic mass is 9.81. The molecule has 0 radical (unpaired) electrons. The number of thiazole rings is 1. The number of amidine groups is 1. The first-order chi connectivity index (χ1) is 14.1. The van der Waals surface area contributed by atoms with Crippen LogP contribution in [0.3, 0.4) is 0 Å². The van der Waals surface area contributed by atoms with Gasteiger partial charge >= 0.3 is 0 Å². The SMILES string of the molecule is O=C(Nc1nccs1)[C@H]1C[C@@H](O)[C@H](O)[C@@H]2N=C(Nc3ccc4c(c3)OCO4)S[C@@H]21. The lowest BCUT2D eigenvalue weighted by Crippen LogP contribution is -2.52. The van der Waals surface area contributed by atoms with Gasteiger partial charge in [0.2, 0.25) is 12.7 Å². The van der Waals surface area contributed by atoms with E-state index in [1.165, 1.54) is 23.1 Å². The normalized spacial score (nSPS) is 29.9. The summed E-state index contributed by atoms with van der Waals surface area (Å²) in [7, 11) is 0. The van der Waals surface area contributed by atoms with Gasteiger partial charge in [0.1, 0.15) is 6.10 Å². The number of anilines is 2. The van der Waals surface area contributed by atoms with Crippen molar-refractivity contribution in [1.29, 1.82) is 0 Å². The highest BCUT2D eigenvalue weighted by Crippen LogP contribution is 2.42. The Morgan fingerprint density at radius 1 is 1.24 bits per heavy atom. The van der Waals surface area contributed by atoms with E-state index in [1.54, 1.807) is 17.6 Å². The summed E-state index contributed by atoms with van der Waals surface area (Å²) in [4.78, 5) is 21.4. The number of fused-ring (bicyclic) bond motifs is 2. The number of aromatic nitrogens is 1. The molecule has 5 atom stereocenters. The minimum Gasteiger partial charge on any atom is -0.454 e. The topological polar surface area (TPSA) is 125 Å². The van der Waals surface area contributed by atoms with Gasteiger partial charge in [0.15, 0.2) is 21.8 Å². The van der Waals surface area contributed by atoms with Crippen molar-refractivity contribution in [2.45, 2.75) is 29.9 Å². The van der Waals surface area contributed by atoms with Crippen LogP contribution in [0.25, 0.3) is 0 Å². The van der Waals surface area contributed by atoms with Gasteiger partial charge in [-0.2, -0.15) is 0 Å². The lowest BCUT2D eigenvalue weighted by Gasteiger charge is -2.37. The van der Waals surface area contributed by atoms with E-state index in [4.69, 9.17) is 9.47 Å². The first-order valence-corrected chi connectivity index (χ1v) is 10.8. The fraction of sp³-hybridized carbons (Fsp3) is 0.389. The van der Waals surface area contributed by atoms with Crippen LogP contribution in [0, 0.1) is 5.92 Å². The number of ether oxygens (including phenoxy) is 2. The molecule has 0 unspecified atom stereocenters.